The Bertz CT molecular complexity index is 499. The molecule has 2 heterocycles. The van der Waals surface area contributed by atoms with Gasteiger partial charge in [0.1, 0.15) is 5.82 Å². The summed E-state index contributed by atoms with van der Waals surface area (Å²) >= 11 is 5.87. The molecule has 1 aliphatic rings. The average Bonchev–Trinajstić information content (AvgIpc) is 2.67. The lowest BCUT2D eigenvalue weighted by molar-refractivity contribution is -0.139. The summed E-state index contributed by atoms with van der Waals surface area (Å²) in [5, 5.41) is 8.49. The number of carboxylic acids is 1. The van der Waals surface area contributed by atoms with E-state index in [2.05, 4.69) is 4.98 Å². The summed E-state index contributed by atoms with van der Waals surface area (Å²) in [7, 11) is -2.82. The molecule has 9 heteroatoms. The summed E-state index contributed by atoms with van der Waals surface area (Å²) in [6, 6.07) is 2.98. The number of pyridine rings is 1. The van der Waals surface area contributed by atoms with Gasteiger partial charge in [0.25, 0.3) is 0 Å². The van der Waals surface area contributed by atoms with E-state index >= 15 is 0 Å². The summed E-state index contributed by atoms with van der Waals surface area (Å²) in [6.07, 6.45) is 0.666. The highest BCUT2D eigenvalue weighted by Gasteiger charge is 2.30. The number of carbonyl (C=O) groups is 1. The Hall–Kier alpha value is -1.22. The van der Waals surface area contributed by atoms with Gasteiger partial charge < -0.3 is 9.84 Å². The molecule has 0 bridgehead atoms. The summed E-state index contributed by atoms with van der Waals surface area (Å²) in [5.74, 6) is -0.327. The van der Waals surface area contributed by atoms with Crippen molar-refractivity contribution in [1.82, 2.24) is 4.98 Å². The highest BCUT2D eigenvalue weighted by atomic mass is 35.5. The number of aromatic nitrogens is 1. The Morgan fingerprint density at radius 3 is 2.79 bits per heavy atom. The van der Waals surface area contributed by atoms with Crippen molar-refractivity contribution in [2.45, 2.75) is 6.42 Å². The van der Waals surface area contributed by atoms with Crippen LogP contribution in [0.5, 0.6) is 5.75 Å². The van der Waals surface area contributed by atoms with Gasteiger partial charge in [-0.1, -0.05) is 11.6 Å². The molecule has 19 heavy (non-hydrogen) atoms. The molecule has 7 nitrogen and oxygen atoms in total. The molecule has 1 aliphatic heterocycles. The Morgan fingerprint density at radius 1 is 1.53 bits per heavy atom. The van der Waals surface area contributed by atoms with E-state index in [1.165, 1.54) is 16.4 Å². The fraction of sp³-hybridized carbons (Fsp3) is 0.400. The SMILES string of the molecule is O=C(O)COc1ccc(N2CCCS2(O)O)nc1Cl. The van der Waals surface area contributed by atoms with Crippen LogP contribution in [0.4, 0.5) is 5.82 Å². The van der Waals surface area contributed by atoms with Gasteiger partial charge in [0.2, 0.25) is 0 Å². The van der Waals surface area contributed by atoms with Gasteiger partial charge in [0.15, 0.2) is 17.5 Å². The zero-order valence-corrected chi connectivity index (χ0v) is 11.4. The van der Waals surface area contributed by atoms with E-state index in [4.69, 9.17) is 21.4 Å². The van der Waals surface area contributed by atoms with Gasteiger partial charge in [0, 0.05) is 6.54 Å². The van der Waals surface area contributed by atoms with Crippen LogP contribution in [0.2, 0.25) is 5.15 Å². The third-order valence-electron chi connectivity index (χ3n) is 2.54. The van der Waals surface area contributed by atoms with Crippen molar-refractivity contribution in [3.63, 3.8) is 0 Å². The lowest BCUT2D eigenvalue weighted by atomic mass is 10.4. The maximum absolute atomic E-state index is 10.4. The fourth-order valence-corrected chi connectivity index (χ4v) is 3.48. The molecule has 0 amide bonds. The van der Waals surface area contributed by atoms with E-state index < -0.39 is 23.4 Å². The standard InChI is InChI=1S/C10H13ClN2O5S/c11-10-7(18-6-9(14)15)2-3-8(12-10)13-4-1-5-19(13,16)17/h2-3,16-17H,1,4-6H2,(H,14,15). The Labute approximate surface area is 116 Å². The topological polar surface area (TPSA) is 103 Å². The predicted molar refractivity (Wildman–Crippen MR) is 72.1 cm³/mol. The highest BCUT2D eigenvalue weighted by Crippen LogP contribution is 2.50. The second-order valence-corrected chi connectivity index (χ2v) is 6.40. The molecule has 106 valence electrons. The number of halogens is 1. The summed E-state index contributed by atoms with van der Waals surface area (Å²) in [6.45, 7) is -0.0271. The first-order valence-electron chi connectivity index (χ1n) is 5.45. The normalized spacial score (nSPS) is 19.2. The van der Waals surface area contributed by atoms with E-state index in [-0.39, 0.29) is 10.9 Å². The molecular formula is C10H13ClN2O5S. The molecule has 3 N–H and O–H groups in total. The van der Waals surface area contributed by atoms with Crippen LogP contribution in [0.1, 0.15) is 6.42 Å². The van der Waals surface area contributed by atoms with Gasteiger partial charge in [-0.05, 0) is 18.6 Å². The number of anilines is 1. The molecule has 1 aromatic heterocycles. The molecule has 1 saturated heterocycles. The van der Waals surface area contributed by atoms with Crippen LogP contribution in [0.25, 0.3) is 0 Å². The van der Waals surface area contributed by atoms with Crippen LogP contribution in [0.15, 0.2) is 12.1 Å². The molecule has 0 radical (unpaired) electrons. The first-order chi connectivity index (χ1) is 8.90. The van der Waals surface area contributed by atoms with E-state index in [9.17, 15) is 13.9 Å². The Morgan fingerprint density at radius 2 is 2.26 bits per heavy atom. The average molecular weight is 309 g/mol. The van der Waals surface area contributed by atoms with Gasteiger partial charge >= 0.3 is 5.97 Å². The molecule has 0 aliphatic carbocycles. The van der Waals surface area contributed by atoms with Crippen LogP contribution in [-0.2, 0) is 4.79 Å². The largest absolute Gasteiger partial charge is 0.479 e. The van der Waals surface area contributed by atoms with E-state index in [1.54, 1.807) is 0 Å². The van der Waals surface area contributed by atoms with Crippen molar-refractivity contribution >= 4 is 34.2 Å². The van der Waals surface area contributed by atoms with Crippen molar-refractivity contribution in [3.05, 3.63) is 17.3 Å². The third kappa shape index (κ3) is 3.21. The predicted octanol–water partition coefficient (Wildman–Crippen LogP) is 2.07. The van der Waals surface area contributed by atoms with E-state index in [0.717, 1.165) is 0 Å². The van der Waals surface area contributed by atoms with Crippen LogP contribution in [0, 0.1) is 0 Å². The second-order valence-electron chi connectivity index (χ2n) is 3.93. The summed E-state index contributed by atoms with van der Waals surface area (Å²) < 4.78 is 26.0. The lowest BCUT2D eigenvalue weighted by Crippen LogP contribution is -2.23. The molecule has 0 saturated carbocycles. The summed E-state index contributed by atoms with van der Waals surface area (Å²) in [5.41, 5.74) is 0. The van der Waals surface area contributed by atoms with E-state index in [0.29, 0.717) is 24.5 Å². The minimum atomic E-state index is -2.82. The molecule has 0 atom stereocenters. The first-order valence-corrected chi connectivity index (χ1v) is 7.50. The van der Waals surface area contributed by atoms with Gasteiger partial charge in [0.05, 0.1) is 5.75 Å². The lowest BCUT2D eigenvalue weighted by Gasteiger charge is -2.37. The highest BCUT2D eigenvalue weighted by molar-refractivity contribution is 8.25. The van der Waals surface area contributed by atoms with Gasteiger partial charge in [-0.3, -0.25) is 13.4 Å². The second kappa shape index (κ2) is 5.41. The molecule has 1 fully saturated rings. The number of hydrogen-bond donors (Lipinski definition) is 3. The van der Waals surface area contributed by atoms with Crippen molar-refractivity contribution in [3.8, 4) is 5.75 Å². The molecule has 0 unspecified atom stereocenters. The first kappa shape index (κ1) is 14.2. The van der Waals surface area contributed by atoms with Crippen LogP contribution in [-0.4, -0.2) is 44.1 Å². The van der Waals surface area contributed by atoms with Crippen LogP contribution < -0.4 is 9.04 Å². The third-order valence-corrected chi connectivity index (χ3v) is 4.72. The summed E-state index contributed by atoms with van der Waals surface area (Å²) in [4.78, 5) is 14.4. The zero-order chi connectivity index (χ0) is 14.0. The minimum Gasteiger partial charge on any atom is -0.479 e. The van der Waals surface area contributed by atoms with Crippen molar-refractivity contribution in [2.24, 2.45) is 0 Å². The van der Waals surface area contributed by atoms with Crippen LogP contribution >= 0.6 is 22.4 Å². The van der Waals surface area contributed by atoms with Gasteiger partial charge in [-0.25, -0.2) is 9.78 Å². The number of aliphatic carboxylic acids is 1. The molecule has 0 aromatic carbocycles. The molecule has 2 rings (SSSR count). The smallest absolute Gasteiger partial charge is 0.341 e. The monoisotopic (exact) mass is 308 g/mol. The fourth-order valence-electron chi connectivity index (χ4n) is 1.72. The van der Waals surface area contributed by atoms with Crippen molar-refractivity contribution in [1.29, 1.82) is 0 Å². The molecule has 1 aromatic rings. The van der Waals surface area contributed by atoms with Gasteiger partial charge in [-0.15, -0.1) is 10.8 Å². The van der Waals surface area contributed by atoms with Crippen molar-refractivity contribution in [2.75, 3.05) is 23.2 Å². The number of ether oxygens (including phenoxy) is 1. The Kier molecular flexibility index (Phi) is 4.04. The van der Waals surface area contributed by atoms with Gasteiger partial charge in [-0.2, -0.15) is 0 Å². The number of hydrogen-bond acceptors (Lipinski definition) is 6. The number of nitrogens with zero attached hydrogens (tertiary/aromatic N) is 2. The maximum atomic E-state index is 10.4. The minimum absolute atomic E-state index is 0.0131. The number of carboxylic acid groups (broad SMARTS) is 1. The Balaban J connectivity index is 2.17. The number of rotatable bonds is 4. The van der Waals surface area contributed by atoms with E-state index in [1.807, 2.05) is 0 Å². The molecular weight excluding hydrogens is 296 g/mol. The maximum Gasteiger partial charge on any atom is 0.341 e. The zero-order valence-electron chi connectivity index (χ0n) is 9.82. The van der Waals surface area contributed by atoms with Crippen LogP contribution in [0.3, 0.4) is 0 Å². The molecule has 0 spiro atoms. The quantitative estimate of drug-likeness (QED) is 0.731. The van der Waals surface area contributed by atoms with Crippen molar-refractivity contribution < 1.29 is 23.7 Å².